The van der Waals surface area contributed by atoms with Crippen molar-refractivity contribution in [2.75, 3.05) is 68.0 Å². The van der Waals surface area contributed by atoms with Gasteiger partial charge in [-0.05, 0) is 72.5 Å². The summed E-state index contributed by atoms with van der Waals surface area (Å²) in [5, 5.41) is 0. The summed E-state index contributed by atoms with van der Waals surface area (Å²) in [6, 6.07) is 6.78. The van der Waals surface area contributed by atoms with Crippen molar-refractivity contribution in [3.63, 3.8) is 0 Å². The van der Waals surface area contributed by atoms with Gasteiger partial charge in [-0.3, -0.25) is 29.0 Å². The number of ether oxygens (including phenoxy) is 7. The van der Waals surface area contributed by atoms with E-state index < -0.39 is 11.8 Å². The first-order valence-corrected chi connectivity index (χ1v) is 15.5. The third kappa shape index (κ3) is 9.73. The number of hydrogen-bond donors (Lipinski definition) is 0. The maximum absolute atomic E-state index is 12.5. The summed E-state index contributed by atoms with van der Waals surface area (Å²) >= 11 is 0. The Balaban J connectivity index is 1.28. The summed E-state index contributed by atoms with van der Waals surface area (Å²) < 4.78 is 39.5. The average Bonchev–Trinajstić information content (AvgIpc) is 3.12. The van der Waals surface area contributed by atoms with E-state index in [2.05, 4.69) is 0 Å². The lowest BCUT2D eigenvalue weighted by atomic mass is 10.1. The summed E-state index contributed by atoms with van der Waals surface area (Å²) in [6.07, 6.45) is 13.4. The highest BCUT2D eigenvalue weighted by atomic mass is 16.6. The Morgan fingerprint density at radius 1 is 0.612 bits per heavy atom. The summed E-state index contributed by atoms with van der Waals surface area (Å²) in [6.45, 7) is 1.49. The van der Waals surface area contributed by atoms with Crippen molar-refractivity contribution < 1.29 is 52.3 Å². The number of rotatable bonds is 16. The Bertz CT molecular complexity index is 1470. The Hall–Kier alpha value is -5.56. The molecule has 0 fully saturated rings. The third-order valence-corrected chi connectivity index (χ3v) is 7.37. The van der Waals surface area contributed by atoms with E-state index >= 15 is 0 Å². The predicted octanol–water partition coefficient (Wildman–Crippen LogP) is 3.85. The number of amides is 4. The van der Waals surface area contributed by atoms with Crippen LogP contribution in [0.1, 0.15) is 24.0 Å². The molecule has 260 valence electrons. The van der Waals surface area contributed by atoms with Crippen molar-refractivity contribution >= 4 is 35.8 Å². The first-order chi connectivity index (χ1) is 23.8. The van der Waals surface area contributed by atoms with Crippen LogP contribution in [-0.4, -0.2) is 101 Å². The second kappa shape index (κ2) is 18.1. The van der Waals surface area contributed by atoms with Gasteiger partial charge in [-0.1, -0.05) is 12.2 Å². The summed E-state index contributed by atoms with van der Waals surface area (Å²) in [7, 11) is 5.97. The molecular formula is C36H40N2O11. The van der Waals surface area contributed by atoms with Gasteiger partial charge in [0.25, 0.3) is 23.6 Å². The van der Waals surface area contributed by atoms with Gasteiger partial charge < -0.3 is 33.2 Å². The van der Waals surface area contributed by atoms with Gasteiger partial charge >= 0.3 is 0 Å². The number of benzene rings is 2. The monoisotopic (exact) mass is 676 g/mol. The zero-order chi connectivity index (χ0) is 35.2. The Labute approximate surface area is 284 Å². The average molecular weight is 677 g/mol. The molecule has 13 nitrogen and oxygen atoms in total. The van der Waals surface area contributed by atoms with Crippen LogP contribution in [0.5, 0.6) is 34.5 Å². The number of carbonyl (C=O) groups excluding carboxylic acids is 4. The fourth-order valence-corrected chi connectivity index (χ4v) is 4.91. The smallest absolute Gasteiger partial charge is 0.253 e. The molecule has 2 aromatic carbocycles. The molecule has 0 aromatic heterocycles. The lowest BCUT2D eigenvalue weighted by Gasteiger charge is -2.19. The van der Waals surface area contributed by atoms with Crippen LogP contribution in [0, 0.1) is 0 Å². The first-order valence-electron chi connectivity index (χ1n) is 15.5. The molecule has 2 aliphatic rings. The molecule has 0 bridgehead atoms. The van der Waals surface area contributed by atoms with Gasteiger partial charge in [-0.2, -0.15) is 0 Å². The molecule has 0 spiro atoms. The van der Waals surface area contributed by atoms with E-state index in [0.29, 0.717) is 71.6 Å². The van der Waals surface area contributed by atoms with E-state index in [-0.39, 0.29) is 38.2 Å². The first kappa shape index (κ1) is 36.3. The molecule has 2 aliphatic heterocycles. The van der Waals surface area contributed by atoms with Crippen LogP contribution in [-0.2, 0) is 23.9 Å². The topological polar surface area (TPSA) is 139 Å². The maximum Gasteiger partial charge on any atom is 0.253 e. The molecule has 4 amide bonds. The quantitative estimate of drug-likeness (QED) is 0.189. The molecule has 0 aliphatic carbocycles. The zero-order valence-electron chi connectivity index (χ0n) is 28.0. The van der Waals surface area contributed by atoms with Gasteiger partial charge in [0.15, 0.2) is 23.0 Å². The van der Waals surface area contributed by atoms with Crippen LogP contribution in [0.4, 0.5) is 0 Å². The lowest BCUT2D eigenvalue weighted by Crippen LogP contribution is -2.37. The second-order valence-corrected chi connectivity index (χ2v) is 10.5. The van der Waals surface area contributed by atoms with Crippen LogP contribution in [0.15, 0.2) is 60.7 Å². The molecule has 2 aromatic rings. The lowest BCUT2D eigenvalue weighted by molar-refractivity contribution is -0.140. The standard InChI is InChI=1S/C36H40N2O11/c1-43-27-21-25(11-13-33(41)37-15-7-5-9-31(37)39)22-28(44-2)35(27)48-19-17-47-18-20-49-36-29(45-3)23-26(24-30(36)46-4)12-14-34(42)38-16-8-6-10-32(38)40/h5-6,9-14,21-24H,7-8,15-20H2,1-4H3/b13-11+,14-12+. The Morgan fingerprint density at radius 2 is 0.980 bits per heavy atom. The number of carbonyl (C=O) groups is 4. The van der Waals surface area contributed by atoms with Crippen LogP contribution < -0.4 is 28.4 Å². The largest absolute Gasteiger partial charge is 0.493 e. The van der Waals surface area contributed by atoms with Crippen molar-refractivity contribution in [2.45, 2.75) is 12.8 Å². The van der Waals surface area contributed by atoms with Crippen LogP contribution in [0.25, 0.3) is 12.2 Å². The minimum atomic E-state index is -0.408. The predicted molar refractivity (Wildman–Crippen MR) is 180 cm³/mol. The fraction of sp³-hybridized carbons (Fsp3) is 0.333. The Morgan fingerprint density at radius 3 is 1.31 bits per heavy atom. The highest BCUT2D eigenvalue weighted by Gasteiger charge is 2.21. The van der Waals surface area contributed by atoms with E-state index in [9.17, 15) is 19.2 Å². The number of nitrogens with zero attached hydrogens (tertiary/aromatic N) is 2. The van der Waals surface area contributed by atoms with E-state index in [1.807, 2.05) is 0 Å². The van der Waals surface area contributed by atoms with Crippen LogP contribution in [0.2, 0.25) is 0 Å². The number of imide groups is 2. The number of methoxy groups -OCH3 is 4. The van der Waals surface area contributed by atoms with E-state index in [1.54, 1.807) is 48.6 Å². The molecule has 0 atom stereocenters. The van der Waals surface area contributed by atoms with Crippen molar-refractivity contribution in [3.8, 4) is 34.5 Å². The van der Waals surface area contributed by atoms with Gasteiger partial charge in [-0.25, -0.2) is 0 Å². The van der Waals surface area contributed by atoms with Gasteiger partial charge in [0.2, 0.25) is 11.5 Å². The molecule has 4 rings (SSSR count). The molecule has 13 heteroatoms. The van der Waals surface area contributed by atoms with Crippen LogP contribution in [0.3, 0.4) is 0 Å². The van der Waals surface area contributed by atoms with Crippen molar-refractivity contribution in [2.24, 2.45) is 0 Å². The molecule has 0 unspecified atom stereocenters. The van der Waals surface area contributed by atoms with Gasteiger partial charge in [0.05, 0.1) is 41.7 Å². The molecule has 0 saturated heterocycles. The van der Waals surface area contributed by atoms with E-state index in [1.165, 1.54) is 62.5 Å². The van der Waals surface area contributed by atoms with Crippen LogP contribution >= 0.6 is 0 Å². The highest BCUT2D eigenvalue weighted by molar-refractivity contribution is 6.07. The van der Waals surface area contributed by atoms with Gasteiger partial charge in [0.1, 0.15) is 13.2 Å². The second-order valence-electron chi connectivity index (χ2n) is 10.5. The Kier molecular flexibility index (Phi) is 13.4. The molecule has 0 saturated carbocycles. The number of hydrogen-bond acceptors (Lipinski definition) is 11. The molecule has 0 N–H and O–H groups in total. The molecular weight excluding hydrogens is 636 g/mol. The fourth-order valence-electron chi connectivity index (χ4n) is 4.91. The highest BCUT2D eigenvalue weighted by Crippen LogP contribution is 2.40. The van der Waals surface area contributed by atoms with Gasteiger partial charge in [-0.15, -0.1) is 0 Å². The molecule has 2 heterocycles. The van der Waals surface area contributed by atoms with E-state index in [0.717, 1.165) is 0 Å². The summed E-state index contributed by atoms with van der Waals surface area (Å²) in [5.41, 5.74) is 1.25. The molecule has 49 heavy (non-hydrogen) atoms. The third-order valence-electron chi connectivity index (χ3n) is 7.37. The maximum atomic E-state index is 12.5. The SMILES string of the molecule is COc1cc(/C=C/C(=O)N2CCC=CC2=O)cc(OC)c1OCCOCCOc1c(OC)cc(/C=C/C(=O)N2CCC=CC2=O)cc1OC. The van der Waals surface area contributed by atoms with Crippen molar-refractivity contribution in [1.29, 1.82) is 0 Å². The summed E-state index contributed by atoms with van der Waals surface area (Å²) in [5.74, 6) is 0.820. The minimum absolute atomic E-state index is 0.177. The molecule has 0 radical (unpaired) electrons. The van der Waals surface area contributed by atoms with E-state index in [4.69, 9.17) is 33.2 Å². The normalized spacial score (nSPS) is 14.4. The minimum Gasteiger partial charge on any atom is -0.493 e. The van der Waals surface area contributed by atoms with Crippen molar-refractivity contribution in [1.82, 2.24) is 9.80 Å². The van der Waals surface area contributed by atoms with Gasteiger partial charge in [0, 0.05) is 25.2 Å². The van der Waals surface area contributed by atoms with Crippen molar-refractivity contribution in [3.05, 3.63) is 71.8 Å². The zero-order valence-corrected chi connectivity index (χ0v) is 28.0. The summed E-state index contributed by atoms with van der Waals surface area (Å²) in [4.78, 5) is 51.3.